The van der Waals surface area contributed by atoms with E-state index in [1.807, 2.05) is 12.1 Å². The first-order valence-electron chi connectivity index (χ1n) is 5.42. The van der Waals surface area contributed by atoms with Gasteiger partial charge in [-0.15, -0.1) is 0 Å². The number of fused-ring (bicyclic) bond motifs is 1. The van der Waals surface area contributed by atoms with Crippen LogP contribution >= 0.6 is 0 Å². The first-order valence-corrected chi connectivity index (χ1v) is 5.42. The number of hydrogen-bond acceptors (Lipinski definition) is 3. The molecular weight excluding hydrogens is 222 g/mol. The van der Waals surface area contributed by atoms with Gasteiger partial charge in [-0.3, -0.25) is 9.59 Å². The van der Waals surface area contributed by atoms with E-state index in [-0.39, 0.29) is 18.9 Å². The Morgan fingerprint density at radius 3 is 2.94 bits per heavy atom. The highest BCUT2D eigenvalue weighted by molar-refractivity contribution is 5.97. The topological polar surface area (TPSA) is 66.8 Å². The van der Waals surface area contributed by atoms with Crippen molar-refractivity contribution < 1.29 is 19.4 Å². The monoisotopic (exact) mass is 235 g/mol. The molecule has 1 N–H and O–H groups in total. The van der Waals surface area contributed by atoms with Crippen molar-refractivity contribution in [3.8, 4) is 5.75 Å². The molecule has 1 amide bonds. The lowest BCUT2D eigenvalue weighted by molar-refractivity contribution is -0.137. The van der Waals surface area contributed by atoms with Crippen LogP contribution < -0.4 is 9.64 Å². The van der Waals surface area contributed by atoms with Crippen LogP contribution in [0.5, 0.6) is 5.75 Å². The standard InChI is InChI=1S/C12H13NO4/c14-11-8-17-10-5-2-1-4-9(10)13(11)7-3-6-12(15)16/h1-2,4-5H,3,6-8H2,(H,15,16). The van der Waals surface area contributed by atoms with Crippen molar-refractivity contribution in [2.24, 2.45) is 0 Å². The second-order valence-corrected chi connectivity index (χ2v) is 3.80. The number of carboxylic acid groups (broad SMARTS) is 1. The van der Waals surface area contributed by atoms with Crippen LogP contribution in [0.4, 0.5) is 5.69 Å². The summed E-state index contributed by atoms with van der Waals surface area (Å²) in [7, 11) is 0. The summed E-state index contributed by atoms with van der Waals surface area (Å²) < 4.78 is 5.29. The van der Waals surface area contributed by atoms with E-state index < -0.39 is 5.97 Å². The lowest BCUT2D eigenvalue weighted by Gasteiger charge is -2.29. The summed E-state index contributed by atoms with van der Waals surface area (Å²) in [5.74, 6) is -0.310. The fourth-order valence-electron chi connectivity index (χ4n) is 1.79. The molecule has 1 aromatic carbocycles. The number of para-hydroxylation sites is 2. The molecule has 0 bridgehead atoms. The number of nitrogens with zero attached hydrogens (tertiary/aromatic N) is 1. The predicted molar refractivity (Wildman–Crippen MR) is 61.2 cm³/mol. The Bertz CT molecular complexity index is 444. The van der Waals surface area contributed by atoms with Gasteiger partial charge >= 0.3 is 5.97 Å². The zero-order chi connectivity index (χ0) is 12.3. The number of carbonyl (C=O) groups excluding carboxylic acids is 1. The highest BCUT2D eigenvalue weighted by atomic mass is 16.5. The average molecular weight is 235 g/mol. The molecule has 0 unspecified atom stereocenters. The van der Waals surface area contributed by atoms with Crippen molar-refractivity contribution >= 4 is 17.6 Å². The van der Waals surface area contributed by atoms with Crippen molar-refractivity contribution in [2.45, 2.75) is 12.8 Å². The maximum atomic E-state index is 11.7. The van der Waals surface area contributed by atoms with Gasteiger partial charge < -0.3 is 14.7 Å². The van der Waals surface area contributed by atoms with Gasteiger partial charge in [0.15, 0.2) is 6.61 Å². The fourth-order valence-corrected chi connectivity index (χ4v) is 1.79. The Labute approximate surface area is 98.6 Å². The molecule has 0 saturated carbocycles. The highest BCUT2D eigenvalue weighted by Gasteiger charge is 2.24. The van der Waals surface area contributed by atoms with Crippen LogP contribution in [0.3, 0.4) is 0 Å². The Morgan fingerprint density at radius 1 is 1.41 bits per heavy atom. The van der Waals surface area contributed by atoms with E-state index in [4.69, 9.17) is 9.84 Å². The first kappa shape index (κ1) is 11.4. The minimum atomic E-state index is -0.848. The molecular formula is C12H13NO4. The molecule has 90 valence electrons. The molecule has 1 aromatic rings. The third kappa shape index (κ3) is 2.55. The number of aliphatic carboxylic acids is 1. The van der Waals surface area contributed by atoms with E-state index in [2.05, 4.69) is 0 Å². The van der Waals surface area contributed by atoms with Crippen LogP contribution in [0.15, 0.2) is 24.3 Å². The number of carboxylic acids is 1. The molecule has 0 fully saturated rings. The van der Waals surface area contributed by atoms with Gasteiger partial charge in [0.25, 0.3) is 5.91 Å². The number of hydrogen-bond donors (Lipinski definition) is 1. The predicted octanol–water partition coefficient (Wildman–Crippen LogP) is 1.28. The molecule has 0 saturated heterocycles. The minimum absolute atomic E-state index is 0.0179. The average Bonchev–Trinajstić information content (AvgIpc) is 2.32. The smallest absolute Gasteiger partial charge is 0.303 e. The summed E-state index contributed by atoms with van der Waals surface area (Å²) in [5, 5.41) is 8.58. The molecule has 0 aromatic heterocycles. The van der Waals surface area contributed by atoms with Crippen LogP contribution in [0.25, 0.3) is 0 Å². The quantitative estimate of drug-likeness (QED) is 0.853. The van der Waals surface area contributed by atoms with E-state index in [9.17, 15) is 9.59 Å². The van der Waals surface area contributed by atoms with Crippen molar-refractivity contribution in [3.05, 3.63) is 24.3 Å². The highest BCUT2D eigenvalue weighted by Crippen LogP contribution is 2.31. The maximum Gasteiger partial charge on any atom is 0.303 e. The maximum absolute atomic E-state index is 11.7. The molecule has 5 heteroatoms. The molecule has 1 aliphatic heterocycles. The normalized spacial score (nSPS) is 14.1. The van der Waals surface area contributed by atoms with Crippen molar-refractivity contribution in [1.29, 1.82) is 0 Å². The summed E-state index contributed by atoms with van der Waals surface area (Å²) in [5.41, 5.74) is 0.717. The Hall–Kier alpha value is -2.04. The summed E-state index contributed by atoms with van der Waals surface area (Å²) >= 11 is 0. The number of amides is 1. The van der Waals surface area contributed by atoms with Crippen LogP contribution in [0.1, 0.15) is 12.8 Å². The number of anilines is 1. The second kappa shape index (κ2) is 4.86. The van der Waals surface area contributed by atoms with Gasteiger partial charge in [0.1, 0.15) is 5.75 Å². The van der Waals surface area contributed by atoms with E-state index >= 15 is 0 Å². The molecule has 1 aliphatic rings. The van der Waals surface area contributed by atoms with Crippen molar-refractivity contribution in [2.75, 3.05) is 18.1 Å². The Morgan fingerprint density at radius 2 is 2.18 bits per heavy atom. The first-order chi connectivity index (χ1) is 8.18. The van der Waals surface area contributed by atoms with Gasteiger partial charge in [-0.2, -0.15) is 0 Å². The van der Waals surface area contributed by atoms with Crippen molar-refractivity contribution in [1.82, 2.24) is 0 Å². The van der Waals surface area contributed by atoms with Crippen LogP contribution in [0, 0.1) is 0 Å². The number of ether oxygens (including phenoxy) is 1. The summed E-state index contributed by atoms with van der Waals surface area (Å²) in [4.78, 5) is 23.7. The van der Waals surface area contributed by atoms with E-state index in [1.54, 1.807) is 17.0 Å². The Balaban J connectivity index is 2.10. The van der Waals surface area contributed by atoms with E-state index in [0.717, 1.165) is 0 Å². The molecule has 0 aliphatic carbocycles. The van der Waals surface area contributed by atoms with Gasteiger partial charge in [-0.25, -0.2) is 0 Å². The lowest BCUT2D eigenvalue weighted by Crippen LogP contribution is -2.39. The molecule has 0 spiro atoms. The minimum Gasteiger partial charge on any atom is -0.482 e. The van der Waals surface area contributed by atoms with Crippen molar-refractivity contribution in [3.63, 3.8) is 0 Å². The lowest BCUT2D eigenvalue weighted by atomic mass is 10.2. The second-order valence-electron chi connectivity index (χ2n) is 3.80. The van der Waals surface area contributed by atoms with Crippen LogP contribution in [-0.4, -0.2) is 30.1 Å². The Kier molecular flexibility index (Phi) is 3.27. The molecule has 1 heterocycles. The zero-order valence-corrected chi connectivity index (χ0v) is 9.26. The van der Waals surface area contributed by atoms with Gasteiger partial charge in [0, 0.05) is 13.0 Å². The molecule has 17 heavy (non-hydrogen) atoms. The zero-order valence-electron chi connectivity index (χ0n) is 9.26. The van der Waals surface area contributed by atoms with Crippen LogP contribution in [0.2, 0.25) is 0 Å². The van der Waals surface area contributed by atoms with Gasteiger partial charge in [-0.05, 0) is 18.6 Å². The third-order valence-corrected chi connectivity index (χ3v) is 2.58. The largest absolute Gasteiger partial charge is 0.482 e. The fraction of sp³-hybridized carbons (Fsp3) is 0.333. The third-order valence-electron chi connectivity index (χ3n) is 2.58. The number of benzene rings is 1. The molecule has 0 atom stereocenters. The van der Waals surface area contributed by atoms with Crippen LogP contribution in [-0.2, 0) is 9.59 Å². The number of rotatable bonds is 4. The number of carbonyl (C=O) groups is 2. The molecule has 2 rings (SSSR count). The summed E-state index contributed by atoms with van der Waals surface area (Å²) in [6, 6.07) is 7.26. The van der Waals surface area contributed by atoms with Gasteiger partial charge in [0.05, 0.1) is 5.69 Å². The molecule has 0 radical (unpaired) electrons. The van der Waals surface area contributed by atoms with E-state index in [0.29, 0.717) is 24.4 Å². The SMILES string of the molecule is O=C(O)CCCN1C(=O)COc2ccccc21. The van der Waals surface area contributed by atoms with Gasteiger partial charge in [0.2, 0.25) is 0 Å². The summed E-state index contributed by atoms with van der Waals surface area (Å²) in [6.45, 7) is 0.426. The molecule has 5 nitrogen and oxygen atoms in total. The van der Waals surface area contributed by atoms with E-state index in [1.165, 1.54) is 0 Å². The summed E-state index contributed by atoms with van der Waals surface area (Å²) in [6.07, 6.45) is 0.502. The van der Waals surface area contributed by atoms with Gasteiger partial charge in [-0.1, -0.05) is 12.1 Å².